The van der Waals surface area contributed by atoms with Gasteiger partial charge in [-0.05, 0) is 67.9 Å². The molecule has 0 aliphatic carbocycles. The van der Waals surface area contributed by atoms with Crippen LogP contribution in [0.5, 0.6) is 5.75 Å². The molecule has 32 heavy (non-hydrogen) atoms. The molecule has 1 aromatic heterocycles. The largest absolute Gasteiger partial charge is 0.497 e. The van der Waals surface area contributed by atoms with Gasteiger partial charge in [0, 0.05) is 25.1 Å². The molecule has 1 spiro atoms. The standard InChI is InChI=1S/C27H30N2O3/c1-31-23-9-6-20(7-10-23)18-21-12-17-32-27(19-21)13-15-29(16-14-27)26(30)25-11-8-22-4-2-3-5-24(22)28-25/h2-11,21H,12-19H2,1H3. The van der Waals surface area contributed by atoms with Crippen LogP contribution < -0.4 is 4.74 Å². The maximum absolute atomic E-state index is 13.1. The zero-order valence-corrected chi connectivity index (χ0v) is 18.6. The summed E-state index contributed by atoms with van der Waals surface area (Å²) < 4.78 is 11.6. The van der Waals surface area contributed by atoms with Crippen LogP contribution in [-0.2, 0) is 11.2 Å². The number of ether oxygens (including phenoxy) is 2. The molecule has 5 rings (SSSR count). The number of carbonyl (C=O) groups excluding carboxylic acids is 1. The van der Waals surface area contributed by atoms with Crippen molar-refractivity contribution in [3.8, 4) is 5.75 Å². The van der Waals surface area contributed by atoms with Crippen molar-refractivity contribution in [1.82, 2.24) is 9.88 Å². The highest BCUT2D eigenvalue weighted by molar-refractivity contribution is 5.95. The molecule has 0 N–H and O–H groups in total. The summed E-state index contributed by atoms with van der Waals surface area (Å²) in [5, 5.41) is 1.06. The van der Waals surface area contributed by atoms with Gasteiger partial charge >= 0.3 is 0 Å². The average Bonchev–Trinajstić information content (AvgIpc) is 2.84. The highest BCUT2D eigenvalue weighted by Crippen LogP contribution is 2.39. The molecule has 0 bridgehead atoms. The van der Waals surface area contributed by atoms with Gasteiger partial charge in [-0.25, -0.2) is 4.98 Å². The third-order valence-corrected chi connectivity index (χ3v) is 7.06. The van der Waals surface area contributed by atoms with Crippen molar-refractivity contribution in [2.24, 2.45) is 5.92 Å². The number of hydrogen-bond donors (Lipinski definition) is 0. The van der Waals surface area contributed by atoms with Gasteiger partial charge in [0.05, 0.1) is 18.2 Å². The normalized spacial score (nSPS) is 20.4. The van der Waals surface area contributed by atoms with Crippen LogP contribution >= 0.6 is 0 Å². The van der Waals surface area contributed by atoms with Crippen LogP contribution in [0, 0.1) is 5.92 Å². The molecule has 2 aliphatic rings. The van der Waals surface area contributed by atoms with Crippen LogP contribution in [0.1, 0.15) is 41.7 Å². The number of benzene rings is 2. The second kappa shape index (κ2) is 8.91. The van der Waals surface area contributed by atoms with Crippen molar-refractivity contribution in [3.05, 3.63) is 71.9 Å². The van der Waals surface area contributed by atoms with Crippen LogP contribution in [0.3, 0.4) is 0 Å². The number of hydrogen-bond acceptors (Lipinski definition) is 4. The fourth-order valence-electron chi connectivity index (χ4n) is 5.21. The summed E-state index contributed by atoms with van der Waals surface area (Å²) in [5.74, 6) is 1.54. The molecule has 1 unspecified atom stereocenters. The molecule has 0 radical (unpaired) electrons. The van der Waals surface area contributed by atoms with Gasteiger partial charge < -0.3 is 14.4 Å². The lowest BCUT2D eigenvalue weighted by atomic mass is 9.77. The molecular formula is C27H30N2O3. The van der Waals surface area contributed by atoms with Crippen molar-refractivity contribution in [3.63, 3.8) is 0 Å². The predicted octanol–water partition coefficient (Wildman–Crippen LogP) is 4.89. The lowest BCUT2D eigenvalue weighted by Crippen LogP contribution is -2.51. The molecule has 5 heteroatoms. The molecule has 2 aromatic carbocycles. The summed E-state index contributed by atoms with van der Waals surface area (Å²) in [6.07, 6.45) is 5.02. The van der Waals surface area contributed by atoms with Gasteiger partial charge in [0.15, 0.2) is 0 Å². The molecule has 2 fully saturated rings. The number of rotatable bonds is 4. The zero-order chi connectivity index (χ0) is 22.0. The minimum Gasteiger partial charge on any atom is -0.497 e. The second-order valence-corrected chi connectivity index (χ2v) is 9.12. The summed E-state index contributed by atoms with van der Waals surface area (Å²) in [6.45, 7) is 2.26. The van der Waals surface area contributed by atoms with Gasteiger partial charge in [-0.1, -0.05) is 36.4 Å². The Kier molecular flexibility index (Phi) is 5.83. The maximum atomic E-state index is 13.1. The third-order valence-electron chi connectivity index (χ3n) is 7.06. The molecule has 2 saturated heterocycles. The number of amides is 1. The van der Waals surface area contributed by atoms with Crippen molar-refractivity contribution in [2.45, 2.75) is 37.7 Å². The van der Waals surface area contributed by atoms with E-state index < -0.39 is 0 Å². The Balaban J connectivity index is 1.21. The first-order valence-electron chi connectivity index (χ1n) is 11.6. The molecule has 1 atom stereocenters. The molecule has 3 heterocycles. The Morgan fingerprint density at radius 3 is 2.66 bits per heavy atom. The number of nitrogens with zero attached hydrogens (tertiary/aromatic N) is 2. The lowest BCUT2D eigenvalue weighted by Gasteiger charge is -2.46. The van der Waals surface area contributed by atoms with E-state index >= 15 is 0 Å². The molecule has 1 amide bonds. The van der Waals surface area contributed by atoms with Crippen LogP contribution in [0.25, 0.3) is 10.9 Å². The Morgan fingerprint density at radius 1 is 1.09 bits per heavy atom. The molecule has 3 aromatic rings. The van der Waals surface area contributed by atoms with Gasteiger partial charge in [-0.15, -0.1) is 0 Å². The summed E-state index contributed by atoms with van der Waals surface area (Å²) >= 11 is 0. The number of para-hydroxylation sites is 1. The first kappa shape index (κ1) is 21.0. The van der Waals surface area contributed by atoms with Crippen LogP contribution in [0.4, 0.5) is 0 Å². The lowest BCUT2D eigenvalue weighted by molar-refractivity contribution is -0.123. The fourth-order valence-corrected chi connectivity index (χ4v) is 5.21. The minimum absolute atomic E-state index is 0.0243. The van der Waals surface area contributed by atoms with Gasteiger partial charge in [0.25, 0.3) is 5.91 Å². The van der Waals surface area contributed by atoms with Gasteiger partial charge in [0.2, 0.25) is 0 Å². The Bertz CT molecular complexity index is 1090. The number of carbonyl (C=O) groups is 1. The first-order valence-corrected chi connectivity index (χ1v) is 11.6. The fraction of sp³-hybridized carbons (Fsp3) is 0.407. The third kappa shape index (κ3) is 4.35. The summed E-state index contributed by atoms with van der Waals surface area (Å²) in [6, 6.07) is 20.1. The Labute approximate surface area is 189 Å². The van der Waals surface area contributed by atoms with Gasteiger partial charge in [-0.2, -0.15) is 0 Å². The monoisotopic (exact) mass is 430 g/mol. The van der Waals surface area contributed by atoms with E-state index in [0.717, 1.165) is 68.5 Å². The van der Waals surface area contributed by atoms with Crippen LogP contribution in [-0.4, -0.2) is 48.2 Å². The van der Waals surface area contributed by atoms with E-state index in [0.29, 0.717) is 11.6 Å². The van der Waals surface area contributed by atoms with E-state index in [1.807, 2.05) is 53.4 Å². The Hall–Kier alpha value is -2.92. The average molecular weight is 431 g/mol. The minimum atomic E-state index is -0.0943. The van der Waals surface area contributed by atoms with Crippen molar-refractivity contribution in [1.29, 1.82) is 0 Å². The number of fused-ring (bicyclic) bond motifs is 1. The summed E-state index contributed by atoms with van der Waals surface area (Å²) in [4.78, 5) is 19.6. The van der Waals surface area contributed by atoms with Crippen molar-refractivity contribution in [2.75, 3.05) is 26.8 Å². The number of methoxy groups -OCH3 is 1. The van der Waals surface area contributed by atoms with Gasteiger partial charge in [0.1, 0.15) is 11.4 Å². The molecule has 166 valence electrons. The predicted molar refractivity (Wildman–Crippen MR) is 125 cm³/mol. The number of pyridine rings is 1. The molecular weight excluding hydrogens is 400 g/mol. The molecule has 2 aliphatic heterocycles. The smallest absolute Gasteiger partial charge is 0.272 e. The number of likely N-dealkylation sites (tertiary alicyclic amines) is 1. The number of piperidine rings is 1. The summed E-state index contributed by atoms with van der Waals surface area (Å²) in [7, 11) is 1.70. The number of aromatic nitrogens is 1. The van der Waals surface area contributed by atoms with Gasteiger partial charge in [-0.3, -0.25) is 4.79 Å². The molecule has 5 nitrogen and oxygen atoms in total. The highest BCUT2D eigenvalue weighted by atomic mass is 16.5. The highest BCUT2D eigenvalue weighted by Gasteiger charge is 2.41. The Morgan fingerprint density at radius 2 is 1.88 bits per heavy atom. The van der Waals surface area contributed by atoms with E-state index in [2.05, 4.69) is 17.1 Å². The SMILES string of the molecule is COc1ccc(CC2CCOC3(CCN(C(=O)c4ccc5ccccc5n4)CC3)C2)cc1. The van der Waals surface area contributed by atoms with Crippen molar-refractivity contribution >= 4 is 16.8 Å². The van der Waals surface area contributed by atoms with E-state index in [9.17, 15) is 4.79 Å². The summed E-state index contributed by atoms with van der Waals surface area (Å²) in [5.41, 5.74) is 2.65. The van der Waals surface area contributed by atoms with E-state index in [-0.39, 0.29) is 11.5 Å². The van der Waals surface area contributed by atoms with Crippen molar-refractivity contribution < 1.29 is 14.3 Å². The topological polar surface area (TPSA) is 51.7 Å². The van der Waals surface area contributed by atoms with E-state index in [1.54, 1.807) is 7.11 Å². The molecule has 0 saturated carbocycles. The second-order valence-electron chi connectivity index (χ2n) is 9.12. The van der Waals surface area contributed by atoms with E-state index in [1.165, 1.54) is 5.56 Å². The zero-order valence-electron chi connectivity index (χ0n) is 18.6. The maximum Gasteiger partial charge on any atom is 0.272 e. The first-order chi connectivity index (χ1) is 15.6. The quantitative estimate of drug-likeness (QED) is 0.592. The van der Waals surface area contributed by atoms with Crippen LogP contribution in [0.15, 0.2) is 60.7 Å². The van der Waals surface area contributed by atoms with E-state index in [4.69, 9.17) is 9.47 Å². The van der Waals surface area contributed by atoms with Crippen LogP contribution in [0.2, 0.25) is 0 Å².